The van der Waals surface area contributed by atoms with E-state index in [9.17, 15) is 0 Å². The second kappa shape index (κ2) is 6.02. The molecule has 0 spiro atoms. The third kappa shape index (κ3) is 2.62. The molecule has 0 amide bonds. The van der Waals surface area contributed by atoms with Crippen LogP contribution in [0.5, 0.6) is 0 Å². The number of hydrogen-bond donors (Lipinski definition) is 0. The van der Waals surface area contributed by atoms with Crippen LogP contribution in [-0.4, -0.2) is 45.9 Å². The monoisotopic (exact) mass is 336 g/mol. The van der Waals surface area contributed by atoms with Gasteiger partial charge in [-0.2, -0.15) is 5.10 Å². The molecule has 0 aliphatic carbocycles. The molecule has 0 atom stereocenters. The quantitative estimate of drug-likeness (QED) is 0.720. The third-order valence-corrected chi connectivity index (χ3v) is 5.27. The van der Waals surface area contributed by atoms with Crippen LogP contribution in [0.15, 0.2) is 24.5 Å². The van der Waals surface area contributed by atoms with Crippen molar-refractivity contribution in [3.8, 4) is 0 Å². The van der Waals surface area contributed by atoms with Crippen molar-refractivity contribution in [2.75, 3.05) is 36.0 Å². The average Bonchev–Trinajstić information content (AvgIpc) is 2.92. The number of piperazine rings is 1. The Morgan fingerprint density at radius 3 is 2.40 bits per heavy atom. The van der Waals surface area contributed by atoms with Gasteiger partial charge in [-0.05, 0) is 38.0 Å². The van der Waals surface area contributed by atoms with Gasteiger partial charge in [0.05, 0.1) is 11.1 Å². The normalized spacial score (nSPS) is 15.2. The van der Waals surface area contributed by atoms with Crippen LogP contribution in [0, 0.1) is 20.8 Å². The highest BCUT2D eigenvalue weighted by Crippen LogP contribution is 2.28. The molecule has 0 unspecified atom stereocenters. The van der Waals surface area contributed by atoms with Gasteiger partial charge in [-0.3, -0.25) is 4.68 Å². The first-order valence-electron chi connectivity index (χ1n) is 8.76. The van der Waals surface area contributed by atoms with Gasteiger partial charge >= 0.3 is 0 Å². The first-order valence-corrected chi connectivity index (χ1v) is 8.76. The van der Waals surface area contributed by atoms with E-state index in [1.807, 2.05) is 18.7 Å². The van der Waals surface area contributed by atoms with Crippen molar-refractivity contribution in [2.24, 2.45) is 7.05 Å². The lowest BCUT2D eigenvalue weighted by atomic mass is 10.1. The van der Waals surface area contributed by atoms with E-state index in [1.54, 1.807) is 6.33 Å². The maximum Gasteiger partial charge on any atom is 0.163 e. The Bertz CT molecular complexity index is 921. The molecular weight excluding hydrogens is 312 g/mol. The SMILES string of the molecule is Cc1cccc(N2CCN(c3ncnc4c3c(C)nn4C)CC2)c1C. The topological polar surface area (TPSA) is 50.1 Å². The lowest BCUT2D eigenvalue weighted by molar-refractivity contribution is 0.647. The van der Waals surface area contributed by atoms with E-state index in [2.05, 4.69) is 56.9 Å². The fraction of sp³-hybridized carbons (Fsp3) is 0.421. The summed E-state index contributed by atoms with van der Waals surface area (Å²) in [5.74, 6) is 1.01. The lowest BCUT2D eigenvalue weighted by Gasteiger charge is -2.37. The minimum atomic E-state index is 0.902. The van der Waals surface area contributed by atoms with Crippen LogP contribution in [0.1, 0.15) is 16.8 Å². The number of hydrogen-bond acceptors (Lipinski definition) is 5. The fourth-order valence-corrected chi connectivity index (χ4v) is 3.74. The molecule has 0 bridgehead atoms. The average molecular weight is 336 g/mol. The highest BCUT2D eigenvalue weighted by molar-refractivity contribution is 5.89. The second-order valence-corrected chi connectivity index (χ2v) is 6.80. The summed E-state index contributed by atoms with van der Waals surface area (Å²) in [5, 5.41) is 5.58. The molecule has 3 aromatic rings. The highest BCUT2D eigenvalue weighted by atomic mass is 15.3. The minimum Gasteiger partial charge on any atom is -0.368 e. The van der Waals surface area contributed by atoms with E-state index >= 15 is 0 Å². The zero-order valence-electron chi connectivity index (χ0n) is 15.3. The van der Waals surface area contributed by atoms with E-state index in [0.29, 0.717) is 0 Å². The summed E-state index contributed by atoms with van der Waals surface area (Å²) < 4.78 is 1.84. The van der Waals surface area contributed by atoms with Crippen LogP contribution < -0.4 is 9.80 Å². The Morgan fingerprint density at radius 1 is 0.920 bits per heavy atom. The summed E-state index contributed by atoms with van der Waals surface area (Å²) in [5.41, 5.74) is 5.97. The van der Waals surface area contributed by atoms with Crippen LogP contribution in [-0.2, 0) is 7.05 Å². The minimum absolute atomic E-state index is 0.902. The number of fused-ring (bicyclic) bond motifs is 1. The van der Waals surface area contributed by atoms with Crippen LogP contribution in [0.3, 0.4) is 0 Å². The van der Waals surface area contributed by atoms with Gasteiger partial charge in [-0.25, -0.2) is 9.97 Å². The van der Waals surface area contributed by atoms with E-state index in [0.717, 1.165) is 48.7 Å². The highest BCUT2D eigenvalue weighted by Gasteiger charge is 2.23. The first kappa shape index (κ1) is 15.9. The molecule has 0 radical (unpaired) electrons. The van der Waals surface area contributed by atoms with Gasteiger partial charge in [0.15, 0.2) is 5.65 Å². The molecule has 6 nitrogen and oxygen atoms in total. The Balaban J connectivity index is 1.60. The molecule has 25 heavy (non-hydrogen) atoms. The standard InChI is InChI=1S/C19H24N6/c1-13-6-5-7-16(14(13)2)24-8-10-25(11-9-24)19-17-15(3)22-23(4)18(17)20-12-21-19/h5-7,12H,8-11H2,1-4H3. The number of rotatable bonds is 2. The Morgan fingerprint density at radius 2 is 1.64 bits per heavy atom. The van der Waals surface area contributed by atoms with E-state index in [1.165, 1.54) is 16.8 Å². The third-order valence-electron chi connectivity index (χ3n) is 5.27. The molecule has 1 aromatic carbocycles. The number of benzene rings is 1. The molecule has 2 aromatic heterocycles. The van der Waals surface area contributed by atoms with Crippen molar-refractivity contribution in [1.82, 2.24) is 19.7 Å². The Hall–Kier alpha value is -2.63. The van der Waals surface area contributed by atoms with Gasteiger partial charge in [-0.1, -0.05) is 12.1 Å². The number of nitrogens with zero attached hydrogens (tertiary/aromatic N) is 6. The molecule has 6 heteroatoms. The predicted octanol–water partition coefficient (Wildman–Crippen LogP) is 2.62. The van der Waals surface area contributed by atoms with Crippen LogP contribution >= 0.6 is 0 Å². The van der Waals surface area contributed by atoms with Gasteiger partial charge in [0.25, 0.3) is 0 Å². The summed E-state index contributed by atoms with van der Waals surface area (Å²) >= 11 is 0. The summed E-state index contributed by atoms with van der Waals surface area (Å²) in [6.45, 7) is 10.3. The zero-order valence-corrected chi connectivity index (χ0v) is 15.3. The molecule has 1 aliphatic rings. The van der Waals surface area contributed by atoms with Crippen molar-refractivity contribution in [1.29, 1.82) is 0 Å². The van der Waals surface area contributed by atoms with Gasteiger partial charge in [0.1, 0.15) is 12.1 Å². The van der Waals surface area contributed by atoms with Crippen molar-refractivity contribution >= 4 is 22.5 Å². The van der Waals surface area contributed by atoms with Gasteiger partial charge in [-0.15, -0.1) is 0 Å². The Kier molecular flexibility index (Phi) is 3.82. The van der Waals surface area contributed by atoms with Crippen LogP contribution in [0.2, 0.25) is 0 Å². The number of aromatic nitrogens is 4. The molecule has 0 saturated carbocycles. The zero-order chi connectivity index (χ0) is 17.6. The van der Waals surface area contributed by atoms with Crippen LogP contribution in [0.25, 0.3) is 11.0 Å². The molecule has 1 fully saturated rings. The lowest BCUT2D eigenvalue weighted by Crippen LogP contribution is -2.47. The largest absolute Gasteiger partial charge is 0.368 e. The maximum absolute atomic E-state index is 4.58. The molecule has 1 saturated heterocycles. The smallest absolute Gasteiger partial charge is 0.163 e. The van der Waals surface area contributed by atoms with Crippen LogP contribution in [0.4, 0.5) is 11.5 Å². The van der Waals surface area contributed by atoms with Gasteiger partial charge < -0.3 is 9.80 Å². The number of anilines is 2. The summed E-state index contributed by atoms with van der Waals surface area (Å²) in [6, 6.07) is 6.56. The molecule has 130 valence electrons. The molecule has 1 aliphatic heterocycles. The molecule has 3 heterocycles. The van der Waals surface area contributed by atoms with Gasteiger partial charge in [0.2, 0.25) is 0 Å². The van der Waals surface area contributed by atoms with Crippen molar-refractivity contribution in [3.05, 3.63) is 41.3 Å². The van der Waals surface area contributed by atoms with E-state index in [4.69, 9.17) is 0 Å². The van der Waals surface area contributed by atoms with Crippen molar-refractivity contribution < 1.29 is 0 Å². The summed E-state index contributed by atoms with van der Waals surface area (Å²) in [4.78, 5) is 13.8. The second-order valence-electron chi connectivity index (χ2n) is 6.80. The molecule has 4 rings (SSSR count). The fourth-order valence-electron chi connectivity index (χ4n) is 3.74. The number of aryl methyl sites for hydroxylation is 3. The molecular formula is C19H24N6. The summed E-state index contributed by atoms with van der Waals surface area (Å²) in [6.07, 6.45) is 1.65. The van der Waals surface area contributed by atoms with Gasteiger partial charge in [0, 0.05) is 38.9 Å². The van der Waals surface area contributed by atoms with E-state index in [-0.39, 0.29) is 0 Å². The van der Waals surface area contributed by atoms with E-state index < -0.39 is 0 Å². The summed E-state index contributed by atoms with van der Waals surface area (Å²) in [7, 11) is 1.94. The predicted molar refractivity (Wildman–Crippen MR) is 101 cm³/mol. The first-order chi connectivity index (χ1) is 12.1. The Labute approximate surface area is 148 Å². The molecule has 0 N–H and O–H groups in total. The van der Waals surface area contributed by atoms with Crippen molar-refractivity contribution in [2.45, 2.75) is 20.8 Å². The van der Waals surface area contributed by atoms with Crippen molar-refractivity contribution in [3.63, 3.8) is 0 Å². The maximum atomic E-state index is 4.58.